The fourth-order valence-corrected chi connectivity index (χ4v) is 6.16. The Balaban J connectivity index is 1.51. The van der Waals surface area contributed by atoms with Crippen LogP contribution in [-0.4, -0.2) is 4.98 Å². The molecule has 1 N–H and O–H groups in total. The molecule has 0 aliphatic carbocycles. The first kappa shape index (κ1) is 18.6. The van der Waals surface area contributed by atoms with Gasteiger partial charge >= 0.3 is 0 Å². The second-order valence-electron chi connectivity index (χ2n) is 8.57. The average Bonchev–Trinajstić information content (AvgIpc) is 3.22. The molecule has 0 unspecified atom stereocenters. The summed E-state index contributed by atoms with van der Waals surface area (Å²) < 4.78 is 2.66. The van der Waals surface area contributed by atoms with E-state index >= 15 is 0 Å². The van der Waals surface area contributed by atoms with Crippen molar-refractivity contribution in [2.24, 2.45) is 0 Å². The van der Waals surface area contributed by atoms with E-state index in [-0.39, 0.29) is 0 Å². The molecule has 4 aromatic carbocycles. The third-order valence-corrected chi connectivity index (χ3v) is 7.81. The largest absolute Gasteiger partial charge is 0.354 e. The minimum atomic E-state index is 0.989. The second kappa shape index (κ2) is 7.03. The van der Waals surface area contributed by atoms with E-state index in [1.807, 2.05) is 29.7 Å². The van der Waals surface area contributed by atoms with Crippen molar-refractivity contribution in [3.63, 3.8) is 0 Å². The minimum absolute atomic E-state index is 0.989. The molecule has 6 aromatic rings. The lowest BCUT2D eigenvalue weighted by Gasteiger charge is -2.23. The van der Waals surface area contributed by atoms with Gasteiger partial charge in [0, 0.05) is 54.4 Å². The molecule has 1 aliphatic rings. The summed E-state index contributed by atoms with van der Waals surface area (Å²) in [6.45, 7) is 2.24. The molecule has 0 fully saturated rings. The van der Waals surface area contributed by atoms with Crippen LogP contribution in [0.15, 0.2) is 97.2 Å². The number of nitrogens with one attached hydrogen (secondary N) is 1. The number of pyridine rings is 1. The second-order valence-corrected chi connectivity index (χ2v) is 9.65. The molecule has 2 bridgehead atoms. The van der Waals surface area contributed by atoms with Crippen LogP contribution in [0.5, 0.6) is 0 Å². The highest BCUT2D eigenvalue weighted by Gasteiger charge is 2.20. The maximum Gasteiger partial charge on any atom is 0.0702 e. The van der Waals surface area contributed by atoms with Crippen LogP contribution in [0.2, 0.25) is 0 Å². The van der Waals surface area contributed by atoms with Crippen LogP contribution < -0.4 is 5.32 Å². The number of nitrogens with zero attached hydrogens (tertiary/aromatic N) is 1. The Kier molecular flexibility index (Phi) is 3.96. The summed E-state index contributed by atoms with van der Waals surface area (Å²) in [4.78, 5) is 4.57. The van der Waals surface area contributed by atoms with Crippen molar-refractivity contribution in [2.45, 2.75) is 6.92 Å². The highest BCUT2D eigenvalue weighted by atomic mass is 32.1. The van der Waals surface area contributed by atoms with E-state index < -0.39 is 0 Å². The van der Waals surface area contributed by atoms with E-state index in [0.29, 0.717) is 0 Å². The molecule has 0 saturated carbocycles. The van der Waals surface area contributed by atoms with Crippen LogP contribution >= 0.6 is 11.3 Å². The van der Waals surface area contributed by atoms with Gasteiger partial charge in [0.15, 0.2) is 0 Å². The monoisotopic (exact) mass is 440 g/mol. The topological polar surface area (TPSA) is 24.9 Å². The number of aromatic nitrogens is 1. The van der Waals surface area contributed by atoms with Gasteiger partial charge in [-0.15, -0.1) is 11.3 Å². The van der Waals surface area contributed by atoms with Gasteiger partial charge in [0.2, 0.25) is 0 Å². The van der Waals surface area contributed by atoms with Crippen molar-refractivity contribution >= 4 is 42.9 Å². The third-order valence-electron chi connectivity index (χ3n) is 6.68. The predicted octanol–water partition coefficient (Wildman–Crippen LogP) is 8.82. The van der Waals surface area contributed by atoms with Crippen molar-refractivity contribution in [3.05, 3.63) is 103 Å². The Hall–Kier alpha value is -3.95. The van der Waals surface area contributed by atoms with Crippen molar-refractivity contribution in [1.82, 2.24) is 4.98 Å². The number of thiophene rings is 1. The lowest BCUT2D eigenvalue weighted by Crippen LogP contribution is -2.02. The van der Waals surface area contributed by atoms with E-state index in [4.69, 9.17) is 0 Å². The molecule has 33 heavy (non-hydrogen) atoms. The number of fused-ring (bicyclic) bond motifs is 9. The molecule has 3 heteroatoms. The Bertz CT molecular complexity index is 1700. The smallest absolute Gasteiger partial charge is 0.0702 e. The third kappa shape index (κ3) is 2.83. The van der Waals surface area contributed by atoms with Crippen LogP contribution in [0.4, 0.5) is 11.4 Å². The number of anilines is 2. The van der Waals surface area contributed by atoms with Gasteiger partial charge in [0.25, 0.3) is 0 Å². The molecule has 7 rings (SSSR count). The lowest BCUT2D eigenvalue weighted by molar-refractivity contribution is 1.32. The molecule has 3 heterocycles. The number of hydrogen-bond donors (Lipinski definition) is 1. The van der Waals surface area contributed by atoms with E-state index in [1.54, 1.807) is 0 Å². The van der Waals surface area contributed by atoms with Gasteiger partial charge in [-0.2, -0.15) is 0 Å². The number of hydrogen-bond acceptors (Lipinski definition) is 3. The van der Waals surface area contributed by atoms with Gasteiger partial charge < -0.3 is 5.32 Å². The normalized spacial score (nSPS) is 12.0. The van der Waals surface area contributed by atoms with Crippen molar-refractivity contribution in [2.75, 3.05) is 5.32 Å². The molecule has 2 aromatic heterocycles. The van der Waals surface area contributed by atoms with E-state index in [9.17, 15) is 0 Å². The Morgan fingerprint density at radius 3 is 2.30 bits per heavy atom. The molecule has 0 amide bonds. The van der Waals surface area contributed by atoms with Crippen LogP contribution in [-0.2, 0) is 0 Å². The molecule has 0 atom stereocenters. The van der Waals surface area contributed by atoms with Gasteiger partial charge in [0.05, 0.1) is 5.69 Å². The van der Waals surface area contributed by atoms with Gasteiger partial charge in [-0.3, -0.25) is 4.98 Å². The molecule has 0 radical (unpaired) electrons. The molecular weight excluding hydrogens is 420 g/mol. The highest BCUT2D eigenvalue weighted by molar-refractivity contribution is 7.25. The summed E-state index contributed by atoms with van der Waals surface area (Å²) in [6, 6.07) is 32.7. The Morgan fingerprint density at radius 2 is 1.45 bits per heavy atom. The van der Waals surface area contributed by atoms with E-state index in [2.05, 4.69) is 96.1 Å². The molecule has 2 nitrogen and oxygen atoms in total. The van der Waals surface area contributed by atoms with E-state index in [1.165, 1.54) is 48.0 Å². The first-order valence-corrected chi connectivity index (χ1v) is 12.0. The summed E-state index contributed by atoms with van der Waals surface area (Å²) in [5.74, 6) is 0. The minimum Gasteiger partial charge on any atom is -0.354 e. The number of benzene rings is 4. The molecular formula is C30H20N2S. The highest BCUT2D eigenvalue weighted by Crippen LogP contribution is 2.46. The summed E-state index contributed by atoms with van der Waals surface area (Å²) in [5, 5.41) is 6.42. The Labute approximate surface area is 196 Å². The summed E-state index contributed by atoms with van der Waals surface area (Å²) in [6.07, 6.45) is 1.85. The predicted molar refractivity (Wildman–Crippen MR) is 141 cm³/mol. The fraction of sp³-hybridized carbons (Fsp3) is 0.0333. The zero-order valence-electron chi connectivity index (χ0n) is 18.1. The molecule has 156 valence electrons. The fourth-order valence-electron chi connectivity index (χ4n) is 5.03. The number of rotatable bonds is 1. The van der Waals surface area contributed by atoms with Gasteiger partial charge in [-0.05, 0) is 66.1 Å². The van der Waals surface area contributed by atoms with Crippen LogP contribution in [0.3, 0.4) is 0 Å². The van der Waals surface area contributed by atoms with Gasteiger partial charge in [-0.25, -0.2) is 0 Å². The molecule has 0 saturated heterocycles. The average molecular weight is 441 g/mol. The maximum absolute atomic E-state index is 4.57. The quantitative estimate of drug-likeness (QED) is 0.276. The van der Waals surface area contributed by atoms with Crippen molar-refractivity contribution in [1.29, 1.82) is 0 Å². The van der Waals surface area contributed by atoms with E-state index in [0.717, 1.165) is 22.6 Å². The van der Waals surface area contributed by atoms with Crippen molar-refractivity contribution in [3.8, 4) is 33.5 Å². The van der Waals surface area contributed by atoms with Gasteiger partial charge in [0.1, 0.15) is 0 Å². The van der Waals surface area contributed by atoms with Crippen LogP contribution in [0.1, 0.15) is 5.56 Å². The first-order valence-electron chi connectivity index (χ1n) is 11.1. The maximum atomic E-state index is 4.57. The zero-order chi connectivity index (χ0) is 21.9. The molecule has 0 spiro atoms. The summed E-state index contributed by atoms with van der Waals surface area (Å²) in [5.41, 5.74) is 10.7. The zero-order valence-corrected chi connectivity index (χ0v) is 18.9. The van der Waals surface area contributed by atoms with Crippen LogP contribution in [0, 0.1) is 6.92 Å². The van der Waals surface area contributed by atoms with Crippen molar-refractivity contribution < 1.29 is 0 Å². The summed E-state index contributed by atoms with van der Waals surface area (Å²) in [7, 11) is 0. The molecule has 1 aliphatic heterocycles. The first-order chi connectivity index (χ1) is 16.3. The summed E-state index contributed by atoms with van der Waals surface area (Å²) >= 11 is 1.87. The van der Waals surface area contributed by atoms with Crippen LogP contribution in [0.25, 0.3) is 53.7 Å². The SMILES string of the molecule is Cc1c2cccc1-c1cc3sc4ccccc4c3cc1Nc1ccc(-c3ccccn3)cc1-2. The Morgan fingerprint density at radius 1 is 0.636 bits per heavy atom. The standard InChI is InChI=1S/C30H20N2S/c1-18-20-8-6-9-21(18)24-17-30-25(22-7-2-3-11-29(22)33-30)16-28(24)32-27-13-12-19(15-23(20)27)26-10-4-5-14-31-26/h2-17,32H,1H3. The lowest BCUT2D eigenvalue weighted by atomic mass is 9.88. The van der Waals surface area contributed by atoms with Gasteiger partial charge in [-0.1, -0.05) is 48.5 Å².